The van der Waals surface area contributed by atoms with Gasteiger partial charge in [0.1, 0.15) is 0 Å². The van der Waals surface area contributed by atoms with Crippen molar-refractivity contribution in [3.8, 4) is 0 Å². The third-order valence-electron chi connectivity index (χ3n) is 0. The first-order chi connectivity index (χ1) is 1.41. The van der Waals surface area contributed by atoms with E-state index in [-0.39, 0.29) is 37.1 Å². The van der Waals surface area contributed by atoms with Crippen molar-refractivity contribution in [3.05, 3.63) is 0 Å². The summed E-state index contributed by atoms with van der Waals surface area (Å²) in [5.74, 6) is 0. The Kier molecular flexibility index (Phi) is 20.5. The smallest absolute Gasteiger partial charge is 0.107 e. The second kappa shape index (κ2) is 8.85. The van der Waals surface area contributed by atoms with E-state index in [0.717, 1.165) is 0 Å². The maximum Gasteiger partial charge on any atom is -0.107 e. The summed E-state index contributed by atoms with van der Waals surface area (Å²) in [7, 11) is 9.65. The summed E-state index contributed by atoms with van der Waals surface area (Å²) in [5, 5.41) is 0. The molecule has 0 saturated carbocycles. The molecule has 0 unspecified atom stereocenters. The summed E-state index contributed by atoms with van der Waals surface area (Å²) in [6.45, 7) is 0. The molecule has 4 heavy (non-hydrogen) atoms. The second-order valence-corrected chi connectivity index (χ2v) is 2.73. The van der Waals surface area contributed by atoms with E-state index in [1.165, 1.54) is 0 Å². The van der Waals surface area contributed by atoms with Crippen LogP contribution in [0.3, 0.4) is 0 Å². The van der Waals surface area contributed by atoms with Crippen LogP contribution in [0.25, 0.3) is 0 Å². The molecular formula is HCl2ISe. The van der Waals surface area contributed by atoms with Gasteiger partial charge >= 0.3 is 33.3 Å². The van der Waals surface area contributed by atoms with Gasteiger partial charge in [0.25, 0.3) is 0 Å². The average molecular weight is 278 g/mol. The molecule has 0 spiro atoms. The zero-order valence-electron chi connectivity index (χ0n) is 1.57. The molecule has 0 heterocycles. The van der Waals surface area contributed by atoms with E-state index < -0.39 is 0 Å². The maximum atomic E-state index is 4.83. The zero-order chi connectivity index (χ0) is 2.71. The number of hydrogen-bond donors (Lipinski definition) is 0. The predicted molar refractivity (Wildman–Crippen MR) is 32.9 cm³/mol. The van der Waals surface area contributed by atoms with E-state index in [4.69, 9.17) is 20.2 Å². The van der Waals surface area contributed by atoms with Crippen molar-refractivity contribution in [2.45, 2.75) is 0 Å². The zero-order valence-corrected chi connectivity index (χ0v) is 7.13. The minimum atomic E-state index is -0.181. The van der Waals surface area contributed by atoms with E-state index in [1.807, 2.05) is 0 Å². The molecule has 0 saturated heterocycles. The molecule has 28 valence electrons. The van der Waals surface area contributed by atoms with Crippen LogP contribution < -0.4 is 0 Å². The van der Waals surface area contributed by atoms with Crippen LogP contribution in [0.1, 0.15) is 0 Å². The molecule has 4 heteroatoms. The van der Waals surface area contributed by atoms with Crippen molar-refractivity contribution >= 4 is 57.3 Å². The molecular weight excluding hydrogens is 277 g/mol. The summed E-state index contributed by atoms with van der Waals surface area (Å²) >= 11 is -0.181. The van der Waals surface area contributed by atoms with E-state index >= 15 is 0 Å². The molecule has 0 rings (SSSR count). The quantitative estimate of drug-likeness (QED) is 0.466. The topological polar surface area (TPSA) is 0 Å². The van der Waals surface area contributed by atoms with Crippen molar-refractivity contribution in [2.75, 3.05) is 0 Å². The van der Waals surface area contributed by atoms with Crippen molar-refractivity contribution in [3.63, 3.8) is 0 Å². The largest absolute Gasteiger partial charge is 0.107 e. The molecule has 0 aliphatic rings. The van der Waals surface area contributed by atoms with E-state index in [2.05, 4.69) is 0 Å². The fourth-order valence-electron chi connectivity index (χ4n) is 0. The molecule has 0 fully saturated rings. The summed E-state index contributed by atoms with van der Waals surface area (Å²) in [5.41, 5.74) is 0. The number of hydrogen-bond acceptors (Lipinski definition) is 0. The number of rotatable bonds is 0. The molecule has 0 aliphatic carbocycles. The Morgan fingerprint density at radius 3 is 1.25 bits per heavy atom. The first kappa shape index (κ1) is 9.27. The Labute approximate surface area is 56.9 Å². The van der Waals surface area contributed by atoms with Gasteiger partial charge in [-0.15, -0.1) is 24.0 Å². The van der Waals surface area contributed by atoms with Gasteiger partial charge in [0, 0.05) is 0 Å². The van der Waals surface area contributed by atoms with E-state index in [0.29, 0.717) is 0 Å². The van der Waals surface area contributed by atoms with Gasteiger partial charge < -0.3 is 0 Å². The molecule has 0 bridgehead atoms. The van der Waals surface area contributed by atoms with Crippen LogP contribution >= 0.6 is 44.2 Å². The van der Waals surface area contributed by atoms with Crippen molar-refractivity contribution in [1.29, 1.82) is 0 Å². The minimum Gasteiger partial charge on any atom is -0.107 e. The molecule has 0 atom stereocenters. The second-order valence-electron chi connectivity index (χ2n) is 0.0583. The molecule has 0 nitrogen and oxygen atoms in total. The Bertz CT molecular complexity index is 6.00. The van der Waals surface area contributed by atoms with Crippen molar-refractivity contribution < 1.29 is 0 Å². The van der Waals surface area contributed by atoms with Crippen LogP contribution in [0.5, 0.6) is 0 Å². The molecule has 0 aromatic heterocycles. The van der Waals surface area contributed by atoms with Crippen LogP contribution in [0, 0.1) is 0 Å². The van der Waals surface area contributed by atoms with E-state index in [1.54, 1.807) is 0 Å². The molecule has 0 radical (unpaired) electrons. The fourth-order valence-corrected chi connectivity index (χ4v) is 0. The predicted octanol–water partition coefficient (Wildman–Crippen LogP) is 1.62. The Morgan fingerprint density at radius 1 is 1.25 bits per heavy atom. The Balaban J connectivity index is 0. The summed E-state index contributed by atoms with van der Waals surface area (Å²) in [6.07, 6.45) is 0. The van der Waals surface area contributed by atoms with Gasteiger partial charge in [-0.2, -0.15) is 0 Å². The Hall–Kier alpha value is 1.83. The number of halogens is 3. The van der Waals surface area contributed by atoms with Crippen molar-refractivity contribution in [1.82, 2.24) is 0 Å². The average Bonchev–Trinajstić information content (AvgIpc) is 0.918. The van der Waals surface area contributed by atoms with Gasteiger partial charge in [-0.05, 0) is 0 Å². The van der Waals surface area contributed by atoms with Crippen LogP contribution in [-0.2, 0) is 0 Å². The molecule has 0 aromatic rings. The SMILES string of the molecule is Cl[Se]Cl.I. The molecule has 0 amide bonds. The molecule has 0 aliphatic heterocycles. The summed E-state index contributed by atoms with van der Waals surface area (Å²) < 4.78 is 0. The summed E-state index contributed by atoms with van der Waals surface area (Å²) in [4.78, 5) is 0. The van der Waals surface area contributed by atoms with Gasteiger partial charge in [0.15, 0.2) is 0 Å². The van der Waals surface area contributed by atoms with Gasteiger partial charge in [-0.25, -0.2) is 0 Å². The molecule has 0 aromatic carbocycles. The van der Waals surface area contributed by atoms with Crippen LogP contribution in [0.15, 0.2) is 0 Å². The minimum absolute atomic E-state index is 0. The summed E-state index contributed by atoms with van der Waals surface area (Å²) in [6, 6.07) is 0. The van der Waals surface area contributed by atoms with Crippen LogP contribution in [0.2, 0.25) is 0 Å². The first-order valence-electron chi connectivity index (χ1n) is 0.309. The third-order valence-corrected chi connectivity index (χ3v) is 0. The third kappa shape index (κ3) is 9.16. The van der Waals surface area contributed by atoms with Crippen molar-refractivity contribution in [2.24, 2.45) is 0 Å². The monoisotopic (exact) mass is 278 g/mol. The van der Waals surface area contributed by atoms with Crippen LogP contribution in [-0.4, -0.2) is 13.1 Å². The first-order valence-corrected chi connectivity index (χ1v) is 4.81. The standard InChI is InChI=1S/Cl2Se.HI/c1-3-2;/h;1H. The maximum absolute atomic E-state index is 4.83. The van der Waals surface area contributed by atoms with Crippen LogP contribution in [0.4, 0.5) is 0 Å². The Morgan fingerprint density at radius 2 is 1.25 bits per heavy atom. The van der Waals surface area contributed by atoms with Gasteiger partial charge in [0.2, 0.25) is 0 Å². The van der Waals surface area contributed by atoms with Gasteiger partial charge in [-0.1, -0.05) is 0 Å². The normalized spacial score (nSPS) is 4.50. The van der Waals surface area contributed by atoms with E-state index in [9.17, 15) is 0 Å². The van der Waals surface area contributed by atoms with Gasteiger partial charge in [0.05, 0.1) is 0 Å². The fraction of sp³-hybridized carbons (Fsp3) is 0. The van der Waals surface area contributed by atoms with Gasteiger partial charge in [-0.3, -0.25) is 0 Å². The molecule has 0 N–H and O–H groups in total.